The molecule has 0 spiro atoms. The van der Waals surface area contributed by atoms with Crippen LogP contribution in [0.15, 0.2) is 30.6 Å². The van der Waals surface area contributed by atoms with E-state index in [4.69, 9.17) is 5.11 Å². The lowest BCUT2D eigenvalue weighted by molar-refractivity contribution is -0.136. The molecule has 8 heteroatoms. The predicted octanol–water partition coefficient (Wildman–Crippen LogP) is 0.764. The average Bonchev–Trinajstić information content (AvgIpc) is 2.84. The summed E-state index contributed by atoms with van der Waals surface area (Å²) in [5, 5.41) is 21.7. The van der Waals surface area contributed by atoms with Gasteiger partial charge in [-0.1, -0.05) is 18.2 Å². The molecule has 2 rings (SSSR count). The number of aromatic nitrogens is 3. The Morgan fingerprint density at radius 3 is 2.76 bits per heavy atom. The van der Waals surface area contributed by atoms with Gasteiger partial charge in [-0.2, -0.15) is 0 Å². The van der Waals surface area contributed by atoms with Gasteiger partial charge in [0, 0.05) is 12.7 Å². The van der Waals surface area contributed by atoms with Gasteiger partial charge in [0.05, 0.1) is 13.0 Å². The number of benzene rings is 1. The van der Waals surface area contributed by atoms with Crippen molar-refractivity contribution < 1.29 is 14.7 Å². The number of carbonyl (C=O) groups excluding carboxylic acids is 1. The molecule has 0 unspecified atom stereocenters. The van der Waals surface area contributed by atoms with Crippen LogP contribution in [0.4, 0.5) is 10.5 Å². The maximum atomic E-state index is 11.8. The minimum Gasteiger partial charge on any atom is -0.481 e. The first-order chi connectivity index (χ1) is 10.1. The molecule has 0 saturated heterocycles. The van der Waals surface area contributed by atoms with Crippen LogP contribution >= 0.6 is 0 Å². The second-order valence-corrected chi connectivity index (χ2v) is 4.39. The zero-order valence-corrected chi connectivity index (χ0v) is 11.4. The third-order valence-electron chi connectivity index (χ3n) is 2.82. The smallest absolute Gasteiger partial charge is 0.319 e. The number of hydrogen-bond acceptors (Lipinski definition) is 4. The van der Waals surface area contributed by atoms with E-state index in [1.165, 1.54) is 6.33 Å². The van der Waals surface area contributed by atoms with E-state index in [1.807, 2.05) is 0 Å². The van der Waals surface area contributed by atoms with E-state index in [1.54, 1.807) is 35.9 Å². The summed E-state index contributed by atoms with van der Waals surface area (Å²) in [6.45, 7) is 0.226. The van der Waals surface area contributed by atoms with E-state index in [2.05, 4.69) is 20.8 Å². The Morgan fingerprint density at radius 1 is 1.33 bits per heavy atom. The minimum absolute atomic E-state index is 0.153. The molecule has 2 amide bonds. The molecule has 1 aromatic carbocycles. The van der Waals surface area contributed by atoms with E-state index in [9.17, 15) is 9.59 Å². The van der Waals surface area contributed by atoms with E-state index in [0.29, 0.717) is 17.1 Å². The number of carboxylic acid groups (broad SMARTS) is 1. The van der Waals surface area contributed by atoms with Gasteiger partial charge in [0.25, 0.3) is 0 Å². The van der Waals surface area contributed by atoms with Crippen LogP contribution < -0.4 is 10.6 Å². The molecule has 0 bridgehead atoms. The van der Waals surface area contributed by atoms with Gasteiger partial charge in [0.15, 0.2) is 5.82 Å². The summed E-state index contributed by atoms with van der Waals surface area (Å²) < 4.78 is 1.69. The zero-order valence-electron chi connectivity index (χ0n) is 11.4. The van der Waals surface area contributed by atoms with Crippen LogP contribution in [0.1, 0.15) is 11.4 Å². The number of hydrogen-bond donors (Lipinski definition) is 3. The molecule has 0 aliphatic rings. The fourth-order valence-electron chi connectivity index (χ4n) is 1.75. The van der Waals surface area contributed by atoms with Crippen molar-refractivity contribution in [2.75, 3.05) is 5.32 Å². The number of para-hydroxylation sites is 1. The van der Waals surface area contributed by atoms with Gasteiger partial charge in [-0.3, -0.25) is 4.79 Å². The molecule has 0 radical (unpaired) electrons. The maximum absolute atomic E-state index is 11.8. The van der Waals surface area contributed by atoms with Crippen molar-refractivity contribution in [2.24, 2.45) is 7.05 Å². The maximum Gasteiger partial charge on any atom is 0.319 e. The zero-order chi connectivity index (χ0) is 15.2. The first-order valence-corrected chi connectivity index (χ1v) is 6.23. The molecule has 0 fully saturated rings. The Kier molecular flexibility index (Phi) is 4.50. The van der Waals surface area contributed by atoms with Crippen molar-refractivity contribution in [3.63, 3.8) is 0 Å². The number of nitrogens with one attached hydrogen (secondary N) is 2. The number of aryl methyl sites for hydroxylation is 1. The molecule has 2 aromatic rings. The molecular weight excluding hydrogens is 274 g/mol. The van der Waals surface area contributed by atoms with Crippen molar-refractivity contribution in [1.29, 1.82) is 0 Å². The van der Waals surface area contributed by atoms with Gasteiger partial charge < -0.3 is 20.3 Å². The number of nitrogens with zero attached hydrogens (tertiary/aromatic N) is 3. The number of carboxylic acids is 1. The Morgan fingerprint density at radius 2 is 2.10 bits per heavy atom. The summed E-state index contributed by atoms with van der Waals surface area (Å²) in [5.74, 6) is -0.340. The number of urea groups is 1. The average molecular weight is 289 g/mol. The van der Waals surface area contributed by atoms with Gasteiger partial charge in [-0.05, 0) is 11.6 Å². The Hall–Kier alpha value is -2.90. The van der Waals surface area contributed by atoms with Crippen LogP contribution in [-0.2, 0) is 24.8 Å². The van der Waals surface area contributed by atoms with Gasteiger partial charge in [0.1, 0.15) is 6.33 Å². The summed E-state index contributed by atoms with van der Waals surface area (Å²) in [5.41, 5.74) is 1.01. The van der Waals surface area contributed by atoms with Crippen LogP contribution in [0.3, 0.4) is 0 Å². The molecule has 0 aliphatic carbocycles. The molecule has 0 aliphatic heterocycles. The Balaban J connectivity index is 1.96. The van der Waals surface area contributed by atoms with Gasteiger partial charge in [-0.25, -0.2) is 4.79 Å². The molecule has 110 valence electrons. The molecule has 0 saturated carbocycles. The molecule has 21 heavy (non-hydrogen) atoms. The Labute approximate surface area is 120 Å². The van der Waals surface area contributed by atoms with Crippen LogP contribution in [0.2, 0.25) is 0 Å². The highest BCUT2D eigenvalue weighted by atomic mass is 16.4. The van der Waals surface area contributed by atoms with Crippen molar-refractivity contribution in [3.8, 4) is 0 Å². The second kappa shape index (κ2) is 6.51. The van der Waals surface area contributed by atoms with Gasteiger partial charge >= 0.3 is 12.0 Å². The number of rotatable bonds is 5. The standard InChI is InChI=1S/C13H15N5O3/c1-18-8-15-17-11(18)7-14-13(21)16-10-5-3-2-4-9(10)6-12(19)20/h2-5,8H,6-7H2,1H3,(H,19,20)(H2,14,16,21). The molecule has 3 N–H and O–H groups in total. The molecule has 0 atom stereocenters. The summed E-state index contributed by atoms with van der Waals surface area (Å²) in [4.78, 5) is 22.6. The van der Waals surface area contributed by atoms with E-state index < -0.39 is 12.0 Å². The van der Waals surface area contributed by atoms with E-state index >= 15 is 0 Å². The highest BCUT2D eigenvalue weighted by molar-refractivity contribution is 5.90. The van der Waals surface area contributed by atoms with Crippen molar-refractivity contribution in [2.45, 2.75) is 13.0 Å². The topological polar surface area (TPSA) is 109 Å². The summed E-state index contributed by atoms with van der Waals surface area (Å²) in [6.07, 6.45) is 1.39. The van der Waals surface area contributed by atoms with Crippen LogP contribution in [0.5, 0.6) is 0 Å². The highest BCUT2D eigenvalue weighted by Crippen LogP contribution is 2.15. The number of amides is 2. The molecule has 1 aromatic heterocycles. The number of aliphatic carboxylic acids is 1. The second-order valence-electron chi connectivity index (χ2n) is 4.39. The van der Waals surface area contributed by atoms with Crippen molar-refractivity contribution in [3.05, 3.63) is 42.0 Å². The van der Waals surface area contributed by atoms with Crippen molar-refractivity contribution in [1.82, 2.24) is 20.1 Å². The van der Waals surface area contributed by atoms with Gasteiger partial charge in [0.2, 0.25) is 0 Å². The fraction of sp³-hybridized carbons (Fsp3) is 0.231. The third kappa shape index (κ3) is 4.03. The largest absolute Gasteiger partial charge is 0.481 e. The molecular formula is C13H15N5O3. The van der Waals surface area contributed by atoms with E-state index in [-0.39, 0.29) is 13.0 Å². The highest BCUT2D eigenvalue weighted by Gasteiger charge is 2.09. The quantitative estimate of drug-likeness (QED) is 0.753. The monoisotopic (exact) mass is 289 g/mol. The molecule has 8 nitrogen and oxygen atoms in total. The number of anilines is 1. The van der Waals surface area contributed by atoms with Crippen molar-refractivity contribution >= 4 is 17.7 Å². The Bertz CT molecular complexity index is 653. The SMILES string of the molecule is Cn1cnnc1CNC(=O)Nc1ccccc1CC(=O)O. The van der Waals surface area contributed by atoms with Crippen LogP contribution in [0.25, 0.3) is 0 Å². The predicted molar refractivity (Wildman–Crippen MR) is 74.6 cm³/mol. The lowest BCUT2D eigenvalue weighted by Gasteiger charge is -2.10. The van der Waals surface area contributed by atoms with Crippen LogP contribution in [0, 0.1) is 0 Å². The summed E-state index contributed by atoms with van der Waals surface area (Å²) in [7, 11) is 1.77. The third-order valence-corrected chi connectivity index (χ3v) is 2.82. The lowest BCUT2D eigenvalue weighted by Crippen LogP contribution is -2.29. The fourth-order valence-corrected chi connectivity index (χ4v) is 1.75. The minimum atomic E-state index is -0.955. The van der Waals surface area contributed by atoms with Crippen LogP contribution in [-0.4, -0.2) is 31.9 Å². The molecule has 1 heterocycles. The first kappa shape index (κ1) is 14.5. The number of carbonyl (C=O) groups is 2. The first-order valence-electron chi connectivity index (χ1n) is 6.23. The van der Waals surface area contributed by atoms with E-state index in [0.717, 1.165) is 0 Å². The lowest BCUT2D eigenvalue weighted by atomic mass is 10.1. The summed E-state index contributed by atoms with van der Waals surface area (Å²) in [6, 6.07) is 6.33. The summed E-state index contributed by atoms with van der Waals surface area (Å²) >= 11 is 0. The normalized spacial score (nSPS) is 10.1. The van der Waals surface area contributed by atoms with Gasteiger partial charge in [-0.15, -0.1) is 10.2 Å².